The summed E-state index contributed by atoms with van der Waals surface area (Å²) in [6.07, 6.45) is 10.8. The average Bonchev–Trinajstić information content (AvgIpc) is 3.81. The third kappa shape index (κ3) is 8.96. The van der Waals surface area contributed by atoms with Gasteiger partial charge in [-0.2, -0.15) is 5.26 Å². The van der Waals surface area contributed by atoms with Crippen molar-refractivity contribution in [2.45, 2.75) is 94.6 Å². The van der Waals surface area contributed by atoms with Gasteiger partial charge >= 0.3 is 5.03 Å². The summed E-state index contributed by atoms with van der Waals surface area (Å²) in [5.74, 6) is 0.911. The number of unbranched alkanes of at least 4 members (excludes halogenated alkanes) is 6. The van der Waals surface area contributed by atoms with Gasteiger partial charge < -0.3 is 9.47 Å². The van der Waals surface area contributed by atoms with Gasteiger partial charge in [0, 0.05) is 0 Å². The molecule has 0 atom stereocenters. The van der Waals surface area contributed by atoms with E-state index in [0.717, 1.165) is 110 Å². The molecule has 0 amide bonds. The van der Waals surface area contributed by atoms with Crippen molar-refractivity contribution in [1.29, 1.82) is 5.26 Å². The SMILES string of the molecule is [C-]#[N+]C(=C1Sc2c(OCCCCCC)c3c(c(OCCCCCC)c2S1)SC(=C(C#N)S(=O)(=O)c1ccc(C=C)cc1)S3)S(=O)(=O)c1ccc(C=C)cc1. The van der Waals surface area contributed by atoms with E-state index in [1.165, 1.54) is 24.3 Å². The standard InChI is InChI=1S/C40H40N2O6S6/c1-6-10-12-14-24-47-32-34-35(50-39(49-34)31(26-41)53(43,44)29-20-16-27(8-3)17-21-29)33(48-25-15-13-11-7-2)37-36(32)51-40(52-37)38(42-5)54(45,46)30-22-18-28(9-4)19-23-30/h8-9,16-23H,3-4,6-7,10-15,24-25H2,1-2H3. The Hall–Kier alpha value is -3.50. The molecule has 8 nitrogen and oxygen atoms in total. The molecule has 0 fully saturated rings. The fraction of sp³-hybridized carbons (Fsp3) is 0.300. The van der Waals surface area contributed by atoms with Crippen LogP contribution < -0.4 is 9.47 Å². The maximum Gasteiger partial charge on any atom is 0.303 e. The lowest BCUT2D eigenvalue weighted by Gasteiger charge is -2.18. The van der Waals surface area contributed by atoms with Crippen LogP contribution in [0.5, 0.6) is 11.5 Å². The predicted molar refractivity (Wildman–Crippen MR) is 223 cm³/mol. The van der Waals surface area contributed by atoms with Crippen molar-refractivity contribution in [3.63, 3.8) is 0 Å². The number of thioether (sulfide) groups is 4. The third-order valence-corrected chi connectivity index (χ3v) is 17.6. The Balaban J connectivity index is 1.66. The molecule has 0 N–H and O–H groups in total. The second kappa shape index (κ2) is 18.9. The summed E-state index contributed by atoms with van der Waals surface area (Å²) in [4.78, 5) is 5.56. The van der Waals surface area contributed by atoms with E-state index in [2.05, 4.69) is 31.9 Å². The van der Waals surface area contributed by atoms with Crippen LogP contribution in [0, 0.1) is 17.9 Å². The average molecular weight is 837 g/mol. The van der Waals surface area contributed by atoms with Crippen LogP contribution in [0.15, 0.2) is 109 Å². The maximum atomic E-state index is 13.9. The molecular weight excluding hydrogens is 797 g/mol. The van der Waals surface area contributed by atoms with Gasteiger partial charge in [-0.05, 0) is 48.2 Å². The molecule has 0 saturated heterocycles. The highest BCUT2D eigenvalue weighted by Crippen LogP contribution is 2.69. The van der Waals surface area contributed by atoms with Crippen LogP contribution in [0.3, 0.4) is 0 Å². The van der Waals surface area contributed by atoms with Gasteiger partial charge in [0.2, 0.25) is 19.7 Å². The predicted octanol–water partition coefficient (Wildman–Crippen LogP) is 12.0. The number of fused-ring (bicyclic) bond motifs is 2. The minimum atomic E-state index is -4.20. The van der Waals surface area contributed by atoms with E-state index in [4.69, 9.17) is 16.0 Å². The Morgan fingerprint density at radius 2 is 1.09 bits per heavy atom. The molecule has 0 radical (unpaired) electrons. The molecule has 0 saturated carbocycles. The van der Waals surface area contributed by atoms with Crippen molar-refractivity contribution in [2.24, 2.45) is 0 Å². The zero-order valence-electron chi connectivity index (χ0n) is 30.1. The second-order valence-corrected chi connectivity index (χ2v) is 20.5. The molecule has 5 rings (SSSR count). The number of nitriles is 1. The first-order valence-corrected chi connectivity index (χ1v) is 23.7. The zero-order chi connectivity index (χ0) is 38.9. The molecule has 0 spiro atoms. The number of rotatable bonds is 18. The number of hydrogen-bond donors (Lipinski definition) is 0. The molecule has 282 valence electrons. The Morgan fingerprint density at radius 1 is 0.685 bits per heavy atom. The van der Waals surface area contributed by atoms with Crippen LogP contribution in [0.2, 0.25) is 0 Å². The number of nitrogens with zero attached hydrogens (tertiary/aromatic N) is 2. The van der Waals surface area contributed by atoms with Crippen molar-refractivity contribution < 1.29 is 26.3 Å². The summed E-state index contributed by atoms with van der Waals surface area (Å²) in [5, 5.41) is 9.94. The minimum absolute atomic E-state index is 0.00342. The van der Waals surface area contributed by atoms with Crippen LogP contribution in [-0.2, 0) is 19.7 Å². The maximum absolute atomic E-state index is 13.9. The fourth-order valence-electron chi connectivity index (χ4n) is 5.48. The largest absolute Gasteiger partial charge is 0.491 e. The van der Waals surface area contributed by atoms with Crippen molar-refractivity contribution in [2.75, 3.05) is 13.2 Å². The summed E-state index contributed by atoms with van der Waals surface area (Å²) in [6.45, 7) is 20.5. The lowest BCUT2D eigenvalue weighted by Crippen LogP contribution is -2.04. The normalized spacial score (nSPS) is 13.4. The van der Waals surface area contributed by atoms with Crippen LogP contribution in [0.4, 0.5) is 0 Å². The summed E-state index contributed by atoms with van der Waals surface area (Å²) >= 11 is 4.55. The number of hydrogen-bond acceptors (Lipinski definition) is 11. The Bertz CT molecular complexity index is 2080. The first-order chi connectivity index (χ1) is 26.0. The van der Waals surface area contributed by atoms with Crippen molar-refractivity contribution in [3.05, 3.63) is 103 Å². The topological polar surface area (TPSA) is 115 Å². The van der Waals surface area contributed by atoms with Gasteiger partial charge in [0.25, 0.3) is 0 Å². The molecule has 0 bridgehead atoms. The molecule has 3 aromatic carbocycles. The zero-order valence-corrected chi connectivity index (χ0v) is 35.0. The quantitative estimate of drug-likeness (QED) is 0.0693. The molecule has 0 aromatic heterocycles. The second-order valence-electron chi connectivity index (χ2n) is 12.2. The van der Waals surface area contributed by atoms with E-state index in [0.29, 0.717) is 44.3 Å². The van der Waals surface area contributed by atoms with E-state index in [9.17, 15) is 22.1 Å². The van der Waals surface area contributed by atoms with Gasteiger partial charge in [0.05, 0.1) is 57.6 Å². The fourth-order valence-corrected chi connectivity index (χ4v) is 14.4. The van der Waals surface area contributed by atoms with Gasteiger partial charge in [-0.25, -0.2) is 21.7 Å². The number of allylic oxidation sites excluding steroid dienone is 1. The summed E-state index contributed by atoms with van der Waals surface area (Å²) < 4.78 is 69.3. The summed E-state index contributed by atoms with van der Waals surface area (Å²) in [7, 11) is -8.40. The molecule has 14 heteroatoms. The number of ether oxygens (including phenoxy) is 2. The molecule has 2 aliphatic heterocycles. The Morgan fingerprint density at radius 3 is 1.46 bits per heavy atom. The molecule has 0 unspecified atom stereocenters. The van der Waals surface area contributed by atoms with Gasteiger partial charge in [-0.1, -0.05) is 149 Å². The Kier molecular flexibility index (Phi) is 14.6. The van der Waals surface area contributed by atoms with Crippen molar-refractivity contribution >= 4 is 78.9 Å². The summed E-state index contributed by atoms with van der Waals surface area (Å²) in [5.41, 5.74) is 1.50. The highest BCUT2D eigenvalue weighted by atomic mass is 32.2. The molecule has 2 aliphatic rings. The van der Waals surface area contributed by atoms with E-state index in [-0.39, 0.29) is 23.2 Å². The van der Waals surface area contributed by atoms with E-state index >= 15 is 0 Å². The van der Waals surface area contributed by atoms with Crippen LogP contribution in [0.25, 0.3) is 17.0 Å². The Labute approximate surface area is 336 Å². The smallest absolute Gasteiger partial charge is 0.303 e. The van der Waals surface area contributed by atoms with E-state index in [1.807, 2.05) is 6.07 Å². The number of benzene rings is 3. The van der Waals surface area contributed by atoms with Gasteiger partial charge in [-0.15, -0.1) is 0 Å². The van der Waals surface area contributed by atoms with Crippen LogP contribution >= 0.6 is 47.0 Å². The summed E-state index contributed by atoms with van der Waals surface area (Å²) in [6, 6.07) is 14.4. The van der Waals surface area contributed by atoms with Gasteiger partial charge in [-0.3, -0.25) is 0 Å². The molecular formula is C40H40N2O6S6. The molecule has 3 aromatic rings. The van der Waals surface area contributed by atoms with Gasteiger partial charge in [0.1, 0.15) is 17.6 Å². The lowest BCUT2D eigenvalue weighted by atomic mass is 10.2. The molecule has 0 aliphatic carbocycles. The van der Waals surface area contributed by atoms with Crippen LogP contribution in [-0.4, -0.2) is 30.0 Å². The lowest BCUT2D eigenvalue weighted by molar-refractivity contribution is 0.271. The monoisotopic (exact) mass is 836 g/mol. The highest BCUT2D eigenvalue weighted by molar-refractivity contribution is 8.26. The van der Waals surface area contributed by atoms with Crippen molar-refractivity contribution in [1.82, 2.24) is 0 Å². The van der Waals surface area contributed by atoms with E-state index < -0.39 is 24.7 Å². The first-order valence-electron chi connectivity index (χ1n) is 17.5. The number of sulfone groups is 2. The molecule has 54 heavy (non-hydrogen) atoms. The highest BCUT2D eigenvalue weighted by Gasteiger charge is 2.41. The van der Waals surface area contributed by atoms with Gasteiger partial charge in [0.15, 0.2) is 4.91 Å². The van der Waals surface area contributed by atoms with Crippen LogP contribution in [0.1, 0.15) is 76.3 Å². The van der Waals surface area contributed by atoms with Crippen molar-refractivity contribution in [3.8, 4) is 17.6 Å². The van der Waals surface area contributed by atoms with E-state index in [1.54, 1.807) is 36.4 Å². The first kappa shape index (κ1) is 41.7. The minimum Gasteiger partial charge on any atom is -0.491 e. The third-order valence-electron chi connectivity index (χ3n) is 8.44. The molecule has 2 heterocycles.